The van der Waals surface area contributed by atoms with Crippen LogP contribution in [0.4, 0.5) is 0 Å². The molecule has 0 unspecified atom stereocenters. The molecule has 3 rings (SSSR count). The Morgan fingerprint density at radius 1 is 1.18 bits per heavy atom. The first-order valence-corrected chi connectivity index (χ1v) is 15.2. The van der Waals surface area contributed by atoms with Crippen molar-refractivity contribution in [3.63, 3.8) is 0 Å². The molecule has 0 aliphatic heterocycles. The summed E-state index contributed by atoms with van der Waals surface area (Å²) in [5.74, 6) is 0. The number of hydrogen-bond acceptors (Lipinski definition) is 1. The molecule has 0 saturated heterocycles. The Hall–Kier alpha value is -0.410. The normalized spacial score (nSPS) is 9.09. The third-order valence-corrected chi connectivity index (χ3v) is 2.62. The number of carbonyl (C=O) groups is 1. The second-order valence-electron chi connectivity index (χ2n) is 4.16. The molecule has 6 heteroatoms. The van der Waals surface area contributed by atoms with Crippen LogP contribution in [0.5, 0.6) is 0 Å². The van der Waals surface area contributed by atoms with Crippen LogP contribution in [0.2, 0.25) is 13.1 Å². The Labute approximate surface area is 153 Å². The SMILES string of the molecule is C[SiH]C.[Cl][Zr+2][Cl].[NH-]C=O.[c-]1cccc2c1Cc1ccccc1-2. The molecule has 2 aromatic carbocycles. The number of rotatable bonds is 0. The number of carbonyl (C=O) groups excluding carboxylic acids is 1. The average molecular weight is 431 g/mol. The van der Waals surface area contributed by atoms with E-state index < -0.39 is 20.8 Å². The first-order chi connectivity index (χ1) is 10.7. The fraction of sp³-hybridized carbons (Fsp3) is 0.188. The van der Waals surface area contributed by atoms with E-state index in [2.05, 4.69) is 55.6 Å². The summed E-state index contributed by atoms with van der Waals surface area (Å²) >= 11 is -0.826. The smallest absolute Gasteiger partial charge is 0.0344 e. The van der Waals surface area contributed by atoms with Crippen LogP contribution in [0.3, 0.4) is 0 Å². The Kier molecular flexibility index (Phi) is 13.9. The zero-order chi connectivity index (χ0) is 16.8. The van der Waals surface area contributed by atoms with E-state index in [-0.39, 0.29) is 6.41 Å². The van der Waals surface area contributed by atoms with Gasteiger partial charge in [-0.05, 0) is 6.42 Å². The molecule has 1 N–H and O–H groups in total. The number of benzene rings is 2. The zero-order valence-electron chi connectivity index (χ0n) is 12.6. The second-order valence-corrected chi connectivity index (χ2v) is 9.05. The molecule has 0 spiro atoms. The minimum atomic E-state index is -0.826. The van der Waals surface area contributed by atoms with Gasteiger partial charge in [0.1, 0.15) is 0 Å². The predicted molar refractivity (Wildman–Crippen MR) is 94.5 cm³/mol. The van der Waals surface area contributed by atoms with Gasteiger partial charge in [0.05, 0.1) is 0 Å². The van der Waals surface area contributed by atoms with E-state index in [0.717, 1.165) is 15.9 Å². The monoisotopic (exact) mass is 428 g/mol. The van der Waals surface area contributed by atoms with Gasteiger partial charge >= 0.3 is 37.9 Å². The minimum absolute atomic E-state index is 0. The maximum atomic E-state index is 8.47. The van der Waals surface area contributed by atoms with Crippen molar-refractivity contribution in [2.24, 2.45) is 0 Å². The van der Waals surface area contributed by atoms with Crippen LogP contribution in [0.1, 0.15) is 11.1 Å². The van der Waals surface area contributed by atoms with Crippen molar-refractivity contribution in [1.29, 1.82) is 0 Å². The van der Waals surface area contributed by atoms with Crippen LogP contribution in [-0.2, 0) is 32.1 Å². The van der Waals surface area contributed by atoms with Crippen LogP contribution < -0.4 is 0 Å². The summed E-state index contributed by atoms with van der Waals surface area (Å²) in [5.41, 5.74) is 11.0. The van der Waals surface area contributed by atoms with Gasteiger partial charge in [-0.2, -0.15) is 29.8 Å². The number of amides is 1. The average Bonchev–Trinajstić information content (AvgIpc) is 2.88. The molecule has 1 radical (unpaired) electrons. The van der Waals surface area contributed by atoms with Crippen LogP contribution in [0.25, 0.3) is 16.9 Å². The Morgan fingerprint density at radius 2 is 1.68 bits per heavy atom. The van der Waals surface area contributed by atoms with E-state index in [1.54, 1.807) is 0 Å². The second kappa shape index (κ2) is 14.2. The van der Waals surface area contributed by atoms with Crippen molar-refractivity contribution in [3.05, 3.63) is 65.4 Å². The third-order valence-electron chi connectivity index (χ3n) is 2.62. The molecule has 0 atom stereocenters. The van der Waals surface area contributed by atoms with Crippen molar-refractivity contribution in [3.8, 4) is 11.1 Å². The van der Waals surface area contributed by atoms with Crippen molar-refractivity contribution < 1.29 is 25.6 Å². The van der Waals surface area contributed by atoms with E-state index in [4.69, 9.17) is 27.6 Å². The molecule has 0 heterocycles. The predicted octanol–water partition coefficient (Wildman–Crippen LogP) is 5.15. The van der Waals surface area contributed by atoms with Crippen LogP contribution in [0.15, 0.2) is 42.5 Å². The molecule has 2 nitrogen and oxygen atoms in total. The Bertz CT molecular complexity index is 510. The summed E-state index contributed by atoms with van der Waals surface area (Å²) in [7, 11) is 10.6. The van der Waals surface area contributed by atoms with Gasteiger partial charge in [-0.15, -0.1) is 5.56 Å². The molecule has 0 aromatic heterocycles. The summed E-state index contributed by atoms with van der Waals surface area (Å²) < 4.78 is 0. The molecule has 0 saturated carbocycles. The van der Waals surface area contributed by atoms with E-state index in [1.807, 2.05) is 6.07 Å². The molecule has 1 aliphatic carbocycles. The van der Waals surface area contributed by atoms with E-state index >= 15 is 0 Å². The molecule has 22 heavy (non-hydrogen) atoms. The summed E-state index contributed by atoms with van der Waals surface area (Å²) in [6.07, 6.45) is 1.05. The number of fused-ring (bicyclic) bond motifs is 3. The van der Waals surface area contributed by atoms with Gasteiger partial charge in [0, 0.05) is 15.9 Å². The van der Waals surface area contributed by atoms with Gasteiger partial charge in [0.25, 0.3) is 0 Å². The molecular formula is C16H18Cl2NOSiZr. The van der Waals surface area contributed by atoms with Crippen LogP contribution in [0, 0.1) is 6.07 Å². The third kappa shape index (κ3) is 7.73. The maximum Gasteiger partial charge on any atom is 0.0344 e. The summed E-state index contributed by atoms with van der Waals surface area (Å²) in [6.45, 7) is 4.42. The maximum absolute atomic E-state index is 8.47. The van der Waals surface area contributed by atoms with E-state index in [1.165, 1.54) is 22.3 Å². The first kappa shape index (κ1) is 21.6. The zero-order valence-corrected chi connectivity index (χ0v) is 17.7. The van der Waals surface area contributed by atoms with Gasteiger partial charge in [-0.3, -0.25) is 0 Å². The van der Waals surface area contributed by atoms with E-state index in [0.29, 0.717) is 0 Å². The van der Waals surface area contributed by atoms with Gasteiger partial charge < -0.3 is 10.5 Å². The van der Waals surface area contributed by atoms with Gasteiger partial charge in [-0.1, -0.05) is 48.5 Å². The number of nitrogens with one attached hydrogen (secondary N) is 1. The van der Waals surface area contributed by atoms with Crippen molar-refractivity contribution >= 4 is 33.0 Å². The number of halogens is 2. The van der Waals surface area contributed by atoms with Gasteiger partial charge in [0.15, 0.2) is 0 Å². The van der Waals surface area contributed by atoms with Gasteiger partial charge in [0.2, 0.25) is 0 Å². The van der Waals surface area contributed by atoms with Crippen molar-refractivity contribution in [2.45, 2.75) is 19.5 Å². The first-order valence-electron chi connectivity index (χ1n) is 6.59. The van der Waals surface area contributed by atoms with Crippen LogP contribution >= 0.6 is 17.0 Å². The molecule has 0 bridgehead atoms. The molecule has 0 fully saturated rings. The fourth-order valence-corrected chi connectivity index (χ4v) is 2.00. The van der Waals surface area contributed by atoms with Gasteiger partial charge in [-0.25, -0.2) is 0 Å². The van der Waals surface area contributed by atoms with Crippen molar-refractivity contribution in [1.82, 2.24) is 0 Å². The topological polar surface area (TPSA) is 40.9 Å². The molecule has 2 aromatic rings. The molecule has 1 aliphatic rings. The fourth-order valence-electron chi connectivity index (χ4n) is 2.00. The quantitative estimate of drug-likeness (QED) is 0.276. The molecule has 115 valence electrons. The summed E-state index contributed by atoms with van der Waals surface area (Å²) in [4.78, 5) is 8.47. The molecule has 1 amide bonds. The van der Waals surface area contributed by atoms with Crippen molar-refractivity contribution in [2.75, 3.05) is 0 Å². The largest absolute Gasteiger partial charge is 0.671 e. The van der Waals surface area contributed by atoms with Crippen LogP contribution in [-0.4, -0.2) is 15.9 Å². The summed E-state index contributed by atoms with van der Waals surface area (Å²) in [6, 6.07) is 18.1. The standard InChI is InChI=1S/C13H9.C2H7Si.CH3NO.2ClH.Zr/c1-3-7-12-10(5-1)9-11-6-2-4-8-13(11)12;1-3-2;2-1-3;;;/h1-5,7-8H,9H2;3H,1-2H3;1H,(H2,2,3);2*1H;/q-1;;;;;+4/p-3. The minimum Gasteiger partial charge on any atom is -0.671 e. The molecular weight excluding hydrogens is 412 g/mol. The summed E-state index contributed by atoms with van der Waals surface area (Å²) in [5, 5.41) is 0. The van der Waals surface area contributed by atoms with E-state index in [9.17, 15) is 0 Å². The Morgan fingerprint density at radius 3 is 2.27 bits per heavy atom. The Balaban J connectivity index is 0.000000416. The number of hydrogen-bond donors (Lipinski definition) is 0.